The third-order valence-corrected chi connectivity index (χ3v) is 6.73. The van der Waals surface area contributed by atoms with Crippen molar-refractivity contribution in [2.45, 2.75) is 50.7 Å². The molecule has 1 atom stereocenters. The number of benzene rings is 2. The third kappa shape index (κ3) is 6.20. The Morgan fingerprint density at radius 2 is 1.83 bits per heavy atom. The van der Waals surface area contributed by atoms with Gasteiger partial charge in [-0.25, -0.2) is 0 Å². The minimum absolute atomic E-state index is 0.0940. The summed E-state index contributed by atoms with van der Waals surface area (Å²) in [7, 11) is 1.58. The van der Waals surface area contributed by atoms with E-state index in [9.17, 15) is 9.59 Å². The maximum atomic E-state index is 13.9. The summed E-state index contributed by atoms with van der Waals surface area (Å²) in [5.41, 5.74) is 1.67. The first kappa shape index (κ1) is 24.7. The Morgan fingerprint density at radius 3 is 2.54 bits per heavy atom. The average Bonchev–Trinajstić information content (AvgIpc) is 2.90. The van der Waals surface area contributed by atoms with Crippen LogP contribution < -0.4 is 10.1 Å². The maximum Gasteiger partial charge on any atom is 0.273 e. The SMILES string of the molecule is COc1cccc([C@H](C(=O)NC2CCCCC2)N(Cc2ccccc2Cl)C(=O)c2ccccn2)c1. The van der Waals surface area contributed by atoms with Gasteiger partial charge < -0.3 is 15.0 Å². The molecule has 1 aliphatic rings. The van der Waals surface area contributed by atoms with Gasteiger partial charge in [0.05, 0.1) is 7.11 Å². The van der Waals surface area contributed by atoms with E-state index >= 15 is 0 Å². The topological polar surface area (TPSA) is 71.5 Å². The molecule has 4 rings (SSSR count). The average molecular weight is 492 g/mol. The van der Waals surface area contributed by atoms with Gasteiger partial charge in [-0.1, -0.05) is 67.3 Å². The zero-order valence-electron chi connectivity index (χ0n) is 19.8. The molecule has 1 saturated carbocycles. The Balaban J connectivity index is 1.77. The van der Waals surface area contributed by atoms with E-state index in [0.717, 1.165) is 31.2 Å². The van der Waals surface area contributed by atoms with E-state index < -0.39 is 6.04 Å². The predicted molar refractivity (Wildman–Crippen MR) is 136 cm³/mol. The van der Waals surface area contributed by atoms with Gasteiger partial charge in [0.1, 0.15) is 17.5 Å². The van der Waals surface area contributed by atoms with Crippen LogP contribution in [0.25, 0.3) is 0 Å². The second kappa shape index (κ2) is 11.8. The van der Waals surface area contributed by atoms with Gasteiger partial charge in [-0.3, -0.25) is 14.6 Å². The van der Waals surface area contributed by atoms with Crippen molar-refractivity contribution < 1.29 is 14.3 Å². The molecule has 3 aromatic rings. The molecule has 182 valence electrons. The number of aromatic nitrogens is 1. The van der Waals surface area contributed by atoms with Gasteiger partial charge in [-0.2, -0.15) is 0 Å². The molecule has 1 heterocycles. The van der Waals surface area contributed by atoms with Crippen molar-refractivity contribution >= 4 is 23.4 Å². The van der Waals surface area contributed by atoms with E-state index in [1.807, 2.05) is 36.4 Å². The summed E-state index contributed by atoms with van der Waals surface area (Å²) in [4.78, 5) is 33.5. The van der Waals surface area contributed by atoms with Gasteiger partial charge in [0.2, 0.25) is 5.91 Å². The van der Waals surface area contributed by atoms with Crippen molar-refractivity contribution in [2.75, 3.05) is 7.11 Å². The molecule has 1 aliphatic carbocycles. The number of pyridine rings is 1. The first-order valence-corrected chi connectivity index (χ1v) is 12.3. The molecule has 1 fully saturated rings. The summed E-state index contributed by atoms with van der Waals surface area (Å²) in [6.45, 7) is 0.148. The Hall–Kier alpha value is -3.38. The zero-order chi connectivity index (χ0) is 24.6. The first-order valence-electron chi connectivity index (χ1n) is 12.0. The van der Waals surface area contributed by atoms with Crippen molar-refractivity contribution in [2.24, 2.45) is 0 Å². The number of rotatable bonds is 8. The van der Waals surface area contributed by atoms with E-state index in [0.29, 0.717) is 16.3 Å². The third-order valence-electron chi connectivity index (χ3n) is 6.36. The highest BCUT2D eigenvalue weighted by atomic mass is 35.5. The molecule has 0 radical (unpaired) electrons. The number of carbonyl (C=O) groups is 2. The summed E-state index contributed by atoms with van der Waals surface area (Å²) in [6.07, 6.45) is 6.81. The lowest BCUT2D eigenvalue weighted by Gasteiger charge is -2.33. The van der Waals surface area contributed by atoms with Crippen LogP contribution in [-0.4, -0.2) is 34.8 Å². The molecule has 2 amide bonds. The molecule has 0 spiro atoms. The van der Waals surface area contributed by atoms with Crippen LogP contribution in [0.15, 0.2) is 72.9 Å². The number of ether oxygens (including phenoxy) is 1. The molecule has 2 aromatic carbocycles. The Morgan fingerprint density at radius 1 is 1.06 bits per heavy atom. The number of hydrogen-bond acceptors (Lipinski definition) is 4. The highest BCUT2D eigenvalue weighted by Crippen LogP contribution is 2.30. The monoisotopic (exact) mass is 491 g/mol. The summed E-state index contributed by atoms with van der Waals surface area (Å²) in [5.74, 6) is 0.0413. The van der Waals surface area contributed by atoms with Crippen LogP contribution in [0, 0.1) is 0 Å². The van der Waals surface area contributed by atoms with Crippen LogP contribution >= 0.6 is 11.6 Å². The largest absolute Gasteiger partial charge is 0.497 e. The van der Waals surface area contributed by atoms with E-state index in [4.69, 9.17) is 16.3 Å². The van der Waals surface area contributed by atoms with Crippen LogP contribution in [0.3, 0.4) is 0 Å². The molecule has 7 heteroatoms. The summed E-state index contributed by atoms with van der Waals surface area (Å²) in [6, 6.07) is 19.0. The van der Waals surface area contributed by atoms with Crippen LogP contribution in [-0.2, 0) is 11.3 Å². The summed E-state index contributed by atoms with van der Waals surface area (Å²) < 4.78 is 5.43. The van der Waals surface area contributed by atoms with Crippen molar-refractivity contribution in [1.82, 2.24) is 15.2 Å². The zero-order valence-corrected chi connectivity index (χ0v) is 20.6. The summed E-state index contributed by atoms with van der Waals surface area (Å²) in [5, 5.41) is 3.75. The molecule has 0 aliphatic heterocycles. The van der Waals surface area contributed by atoms with Gasteiger partial charge in [0.15, 0.2) is 0 Å². The van der Waals surface area contributed by atoms with Gasteiger partial charge in [0.25, 0.3) is 5.91 Å². The summed E-state index contributed by atoms with van der Waals surface area (Å²) >= 11 is 6.48. The fourth-order valence-electron chi connectivity index (χ4n) is 4.54. The van der Waals surface area contributed by atoms with Crippen molar-refractivity contribution in [1.29, 1.82) is 0 Å². The fraction of sp³-hybridized carbons (Fsp3) is 0.321. The Kier molecular flexibility index (Phi) is 8.37. The van der Waals surface area contributed by atoms with E-state index in [1.165, 1.54) is 6.42 Å². The van der Waals surface area contributed by atoms with Gasteiger partial charge >= 0.3 is 0 Å². The van der Waals surface area contributed by atoms with Crippen molar-refractivity contribution in [3.05, 3.63) is 94.8 Å². The normalized spacial score (nSPS) is 14.7. The molecule has 1 aromatic heterocycles. The Bertz CT molecular complexity index is 1150. The standard InChI is InChI=1S/C28H30ClN3O3/c1-35-23-14-9-11-20(18-23)26(27(33)31-22-12-3-2-4-13-22)32(19-21-10-5-6-15-24(21)29)28(34)25-16-7-8-17-30-25/h5-11,14-18,22,26H,2-4,12-13,19H2,1H3,(H,31,33)/t26-/m1/s1. The predicted octanol–water partition coefficient (Wildman–Crippen LogP) is 5.58. The molecule has 0 unspecified atom stereocenters. The van der Waals surface area contributed by atoms with Gasteiger partial charge in [0, 0.05) is 23.8 Å². The van der Waals surface area contributed by atoms with Gasteiger partial charge in [-0.15, -0.1) is 0 Å². The lowest BCUT2D eigenvalue weighted by molar-refractivity contribution is -0.127. The van der Waals surface area contributed by atoms with E-state index in [-0.39, 0.29) is 30.1 Å². The number of halogens is 1. The molecular weight excluding hydrogens is 462 g/mol. The highest BCUT2D eigenvalue weighted by Gasteiger charge is 2.34. The minimum Gasteiger partial charge on any atom is -0.497 e. The van der Waals surface area contributed by atoms with Gasteiger partial charge in [-0.05, 0) is 54.3 Å². The smallest absolute Gasteiger partial charge is 0.273 e. The van der Waals surface area contributed by atoms with Crippen LogP contribution in [0.5, 0.6) is 5.75 Å². The van der Waals surface area contributed by atoms with E-state index in [1.54, 1.807) is 48.5 Å². The number of nitrogens with zero attached hydrogens (tertiary/aromatic N) is 2. The van der Waals surface area contributed by atoms with Crippen LogP contribution in [0.4, 0.5) is 0 Å². The number of nitrogens with one attached hydrogen (secondary N) is 1. The lowest BCUT2D eigenvalue weighted by atomic mass is 9.94. The molecule has 6 nitrogen and oxygen atoms in total. The van der Waals surface area contributed by atoms with Crippen molar-refractivity contribution in [3.8, 4) is 5.75 Å². The number of methoxy groups -OCH3 is 1. The number of carbonyl (C=O) groups excluding carboxylic acids is 2. The Labute approximate surface area is 211 Å². The van der Waals surface area contributed by atoms with Crippen LogP contribution in [0.2, 0.25) is 5.02 Å². The fourth-order valence-corrected chi connectivity index (χ4v) is 4.73. The second-order valence-corrected chi connectivity index (χ2v) is 9.17. The highest BCUT2D eigenvalue weighted by molar-refractivity contribution is 6.31. The van der Waals surface area contributed by atoms with Crippen molar-refractivity contribution in [3.63, 3.8) is 0 Å². The van der Waals surface area contributed by atoms with E-state index in [2.05, 4.69) is 10.3 Å². The first-order chi connectivity index (χ1) is 17.1. The molecule has 35 heavy (non-hydrogen) atoms. The molecule has 0 bridgehead atoms. The number of hydrogen-bond donors (Lipinski definition) is 1. The molecule has 0 saturated heterocycles. The molecule has 1 N–H and O–H groups in total. The molecular formula is C28H30ClN3O3. The maximum absolute atomic E-state index is 13.9. The number of amides is 2. The van der Waals surface area contributed by atoms with Crippen LogP contribution in [0.1, 0.15) is 59.8 Å². The quantitative estimate of drug-likeness (QED) is 0.446. The lowest BCUT2D eigenvalue weighted by Crippen LogP contribution is -2.47. The minimum atomic E-state index is -0.891. The second-order valence-electron chi connectivity index (χ2n) is 8.76.